The standard InChI is InChI=1S/C20H26FN3O2S/c1-5-6-11-22-18(25)14(3)27-20-23-13(2)16(19(26)24(20)4)12-15-9-7-8-10-17(15)21/h7-10,14H,5-6,11-12H2,1-4H3,(H,22,25). The first-order valence-electron chi connectivity index (χ1n) is 9.09. The molecule has 1 heterocycles. The van der Waals surface area contributed by atoms with Crippen LogP contribution in [0.3, 0.4) is 0 Å². The summed E-state index contributed by atoms with van der Waals surface area (Å²) in [7, 11) is 1.63. The Morgan fingerprint density at radius 3 is 2.74 bits per heavy atom. The lowest BCUT2D eigenvalue weighted by Gasteiger charge is -2.15. The van der Waals surface area contributed by atoms with Crippen LogP contribution in [-0.2, 0) is 18.3 Å². The van der Waals surface area contributed by atoms with Crippen LogP contribution in [0.25, 0.3) is 0 Å². The second-order valence-corrected chi connectivity index (χ2v) is 7.80. The highest BCUT2D eigenvalue weighted by molar-refractivity contribution is 8.00. The molecule has 0 saturated carbocycles. The molecule has 0 spiro atoms. The number of benzene rings is 1. The van der Waals surface area contributed by atoms with E-state index in [1.165, 1.54) is 22.4 Å². The van der Waals surface area contributed by atoms with Crippen LogP contribution >= 0.6 is 11.8 Å². The fourth-order valence-electron chi connectivity index (χ4n) is 2.61. The van der Waals surface area contributed by atoms with Crippen LogP contribution in [0.1, 0.15) is 43.5 Å². The molecule has 1 atom stereocenters. The summed E-state index contributed by atoms with van der Waals surface area (Å²) >= 11 is 1.25. The van der Waals surface area contributed by atoms with Crippen molar-refractivity contribution in [3.63, 3.8) is 0 Å². The maximum absolute atomic E-state index is 13.9. The molecule has 0 fully saturated rings. The molecule has 0 bridgehead atoms. The molecule has 27 heavy (non-hydrogen) atoms. The van der Waals surface area contributed by atoms with Gasteiger partial charge in [-0.25, -0.2) is 9.37 Å². The fourth-order valence-corrected chi connectivity index (χ4v) is 3.55. The van der Waals surface area contributed by atoms with Crippen molar-refractivity contribution in [3.05, 3.63) is 57.3 Å². The summed E-state index contributed by atoms with van der Waals surface area (Å²) in [5, 5.41) is 3.00. The predicted molar refractivity (Wildman–Crippen MR) is 107 cm³/mol. The highest BCUT2D eigenvalue weighted by Gasteiger charge is 2.19. The lowest BCUT2D eigenvalue weighted by Crippen LogP contribution is -2.33. The topological polar surface area (TPSA) is 64.0 Å². The largest absolute Gasteiger partial charge is 0.355 e. The fraction of sp³-hybridized carbons (Fsp3) is 0.450. The van der Waals surface area contributed by atoms with Crippen molar-refractivity contribution in [3.8, 4) is 0 Å². The van der Waals surface area contributed by atoms with Gasteiger partial charge in [0.05, 0.1) is 5.25 Å². The smallest absolute Gasteiger partial charge is 0.257 e. The SMILES string of the molecule is CCCCNC(=O)C(C)Sc1nc(C)c(Cc2ccccc2F)c(=O)n1C. The van der Waals surface area contributed by atoms with E-state index < -0.39 is 0 Å². The molecule has 2 rings (SSSR count). The number of hydrogen-bond donors (Lipinski definition) is 1. The summed E-state index contributed by atoms with van der Waals surface area (Å²) in [6.07, 6.45) is 2.14. The molecule has 1 aromatic carbocycles. The summed E-state index contributed by atoms with van der Waals surface area (Å²) in [5.74, 6) is -0.412. The molecule has 1 unspecified atom stereocenters. The van der Waals surface area contributed by atoms with Gasteiger partial charge in [-0.1, -0.05) is 43.3 Å². The lowest BCUT2D eigenvalue weighted by atomic mass is 10.0. The van der Waals surface area contributed by atoms with E-state index in [-0.39, 0.29) is 29.0 Å². The third-order valence-corrected chi connectivity index (χ3v) is 5.50. The van der Waals surface area contributed by atoms with Crippen molar-refractivity contribution in [1.29, 1.82) is 0 Å². The molecule has 1 aromatic heterocycles. The van der Waals surface area contributed by atoms with E-state index in [0.29, 0.717) is 28.5 Å². The molecular formula is C20H26FN3O2S. The molecule has 7 heteroatoms. The Kier molecular flexibility index (Phi) is 7.59. The van der Waals surface area contributed by atoms with E-state index in [1.54, 1.807) is 39.1 Å². The van der Waals surface area contributed by atoms with Gasteiger partial charge in [-0.3, -0.25) is 14.2 Å². The summed E-state index contributed by atoms with van der Waals surface area (Å²) in [5.41, 5.74) is 1.27. The van der Waals surface area contributed by atoms with Gasteiger partial charge in [0.25, 0.3) is 5.56 Å². The summed E-state index contributed by atoms with van der Waals surface area (Å²) in [6.45, 7) is 6.25. The Hall–Kier alpha value is -2.15. The van der Waals surface area contributed by atoms with Crippen molar-refractivity contribution in [1.82, 2.24) is 14.9 Å². The number of nitrogens with one attached hydrogen (secondary N) is 1. The molecule has 0 aliphatic rings. The second kappa shape index (κ2) is 9.69. The maximum Gasteiger partial charge on any atom is 0.257 e. The van der Waals surface area contributed by atoms with E-state index in [2.05, 4.69) is 17.2 Å². The molecule has 5 nitrogen and oxygen atoms in total. The van der Waals surface area contributed by atoms with Crippen LogP contribution in [0, 0.1) is 12.7 Å². The molecule has 0 saturated heterocycles. The highest BCUT2D eigenvalue weighted by atomic mass is 32.2. The van der Waals surface area contributed by atoms with Gasteiger partial charge in [-0.2, -0.15) is 0 Å². The first-order valence-corrected chi connectivity index (χ1v) is 9.97. The molecule has 0 radical (unpaired) electrons. The Morgan fingerprint density at radius 2 is 2.07 bits per heavy atom. The number of unbranched alkanes of at least 4 members (excludes halogenated alkanes) is 1. The summed E-state index contributed by atoms with van der Waals surface area (Å²) in [4.78, 5) is 29.4. The average molecular weight is 392 g/mol. The van der Waals surface area contributed by atoms with Gasteiger partial charge in [-0.05, 0) is 31.9 Å². The minimum absolute atomic E-state index is 0.0733. The van der Waals surface area contributed by atoms with Gasteiger partial charge < -0.3 is 5.32 Å². The number of thioether (sulfide) groups is 1. The molecular weight excluding hydrogens is 365 g/mol. The van der Waals surface area contributed by atoms with E-state index in [9.17, 15) is 14.0 Å². The Morgan fingerprint density at radius 1 is 1.37 bits per heavy atom. The minimum atomic E-state index is -0.364. The quantitative estimate of drug-likeness (QED) is 0.426. The molecule has 1 amide bonds. The van der Waals surface area contributed by atoms with Gasteiger partial charge in [0.15, 0.2) is 5.16 Å². The second-order valence-electron chi connectivity index (χ2n) is 6.50. The highest BCUT2D eigenvalue weighted by Crippen LogP contribution is 2.22. The Labute approximate surface area is 163 Å². The number of halogens is 1. The maximum atomic E-state index is 13.9. The number of aryl methyl sites for hydroxylation is 1. The first-order chi connectivity index (χ1) is 12.8. The third kappa shape index (κ3) is 5.42. The van der Waals surface area contributed by atoms with Gasteiger partial charge in [0.1, 0.15) is 5.82 Å². The number of amides is 1. The van der Waals surface area contributed by atoms with Crippen molar-refractivity contribution >= 4 is 17.7 Å². The number of nitrogens with zero attached hydrogens (tertiary/aromatic N) is 2. The Bertz CT molecular complexity index is 867. The molecule has 0 aliphatic heterocycles. The van der Waals surface area contributed by atoms with Crippen molar-refractivity contribution in [2.75, 3.05) is 6.54 Å². The first kappa shape index (κ1) is 21.2. The number of carbonyl (C=O) groups excluding carboxylic acids is 1. The zero-order chi connectivity index (χ0) is 20.0. The zero-order valence-corrected chi connectivity index (χ0v) is 17.0. The zero-order valence-electron chi connectivity index (χ0n) is 16.2. The summed E-state index contributed by atoms with van der Waals surface area (Å²) in [6, 6.07) is 6.41. The summed E-state index contributed by atoms with van der Waals surface area (Å²) < 4.78 is 15.4. The van der Waals surface area contributed by atoms with E-state index in [1.807, 2.05) is 0 Å². The molecule has 146 valence electrons. The van der Waals surface area contributed by atoms with Crippen molar-refractivity contribution in [2.24, 2.45) is 7.05 Å². The number of carbonyl (C=O) groups is 1. The van der Waals surface area contributed by atoms with Crippen LogP contribution in [0.5, 0.6) is 0 Å². The lowest BCUT2D eigenvalue weighted by molar-refractivity contribution is -0.120. The van der Waals surface area contributed by atoms with Crippen LogP contribution < -0.4 is 10.9 Å². The normalized spacial score (nSPS) is 12.0. The van der Waals surface area contributed by atoms with E-state index in [0.717, 1.165) is 12.8 Å². The average Bonchev–Trinajstić information content (AvgIpc) is 2.64. The molecule has 2 aromatic rings. The van der Waals surface area contributed by atoms with Gasteiger partial charge >= 0.3 is 0 Å². The van der Waals surface area contributed by atoms with Gasteiger partial charge in [0.2, 0.25) is 5.91 Å². The van der Waals surface area contributed by atoms with Crippen LogP contribution in [0.4, 0.5) is 4.39 Å². The van der Waals surface area contributed by atoms with E-state index >= 15 is 0 Å². The Balaban J connectivity index is 2.20. The number of hydrogen-bond acceptors (Lipinski definition) is 4. The van der Waals surface area contributed by atoms with Gasteiger partial charge in [-0.15, -0.1) is 0 Å². The minimum Gasteiger partial charge on any atom is -0.355 e. The van der Waals surface area contributed by atoms with Crippen molar-refractivity contribution in [2.45, 2.75) is 50.4 Å². The molecule has 0 aliphatic carbocycles. The van der Waals surface area contributed by atoms with Crippen LogP contribution in [0.2, 0.25) is 0 Å². The third-order valence-electron chi connectivity index (χ3n) is 4.36. The monoisotopic (exact) mass is 391 g/mol. The number of rotatable bonds is 8. The van der Waals surface area contributed by atoms with Crippen LogP contribution in [0.15, 0.2) is 34.2 Å². The predicted octanol–water partition coefficient (Wildman–Crippen LogP) is 3.22. The van der Waals surface area contributed by atoms with Crippen molar-refractivity contribution < 1.29 is 9.18 Å². The van der Waals surface area contributed by atoms with E-state index in [4.69, 9.17) is 0 Å². The van der Waals surface area contributed by atoms with Gasteiger partial charge in [0, 0.05) is 31.3 Å². The molecule has 1 N–H and O–H groups in total. The number of aromatic nitrogens is 2. The van der Waals surface area contributed by atoms with Crippen LogP contribution in [-0.4, -0.2) is 27.3 Å².